The average Bonchev–Trinajstić information content (AvgIpc) is 2.79. The van der Waals surface area contributed by atoms with E-state index >= 15 is 0 Å². The van der Waals surface area contributed by atoms with E-state index in [0.717, 1.165) is 11.1 Å². The molecule has 2 N–H and O–H groups in total. The maximum Gasteiger partial charge on any atom is 0.251 e. The van der Waals surface area contributed by atoms with E-state index in [0.29, 0.717) is 13.0 Å². The minimum absolute atomic E-state index is 0.0703. The molecule has 0 heterocycles. The number of ether oxygens (including phenoxy) is 1. The van der Waals surface area contributed by atoms with E-state index < -0.39 is 15.9 Å². The molecular weight excluding hydrogens is 428 g/mol. The molecule has 0 fully saturated rings. The Hall–Kier alpha value is -3.36. The van der Waals surface area contributed by atoms with Crippen LogP contribution in [0.15, 0.2) is 77.7 Å². The molecule has 8 heteroatoms. The summed E-state index contributed by atoms with van der Waals surface area (Å²) in [4.78, 5) is 12.6. The Morgan fingerprint density at radius 3 is 2.41 bits per heavy atom. The van der Waals surface area contributed by atoms with Gasteiger partial charge >= 0.3 is 0 Å². The molecule has 0 saturated heterocycles. The molecule has 3 aromatic carbocycles. The monoisotopic (exact) mass is 454 g/mol. The van der Waals surface area contributed by atoms with Crippen LogP contribution in [-0.4, -0.2) is 44.4 Å². The number of benzene rings is 3. The number of carbonyl (C=O) groups is 1. The normalized spacial score (nSPS) is 11.3. The lowest BCUT2D eigenvalue weighted by molar-refractivity contribution is 0.0954. The fourth-order valence-corrected chi connectivity index (χ4v) is 4.58. The van der Waals surface area contributed by atoms with E-state index in [-0.39, 0.29) is 28.5 Å². The summed E-state index contributed by atoms with van der Waals surface area (Å²) in [6.07, 6.45) is 0.529. The number of sulfonamides is 1. The molecule has 0 aromatic heterocycles. The van der Waals surface area contributed by atoms with Gasteiger partial charge in [-0.1, -0.05) is 42.5 Å². The molecule has 1 amide bonds. The van der Waals surface area contributed by atoms with Crippen LogP contribution in [0.2, 0.25) is 0 Å². The minimum atomic E-state index is -3.90. The maximum atomic E-state index is 13.2. The fourth-order valence-electron chi connectivity index (χ4n) is 3.25. The van der Waals surface area contributed by atoms with E-state index in [4.69, 9.17) is 4.74 Å². The third-order valence-corrected chi connectivity index (χ3v) is 6.80. The van der Waals surface area contributed by atoms with Crippen molar-refractivity contribution in [1.29, 1.82) is 0 Å². The van der Waals surface area contributed by atoms with E-state index in [2.05, 4.69) is 5.32 Å². The highest BCUT2D eigenvalue weighted by atomic mass is 32.2. The Morgan fingerprint density at radius 2 is 1.72 bits per heavy atom. The van der Waals surface area contributed by atoms with Crippen LogP contribution in [0, 0.1) is 0 Å². The van der Waals surface area contributed by atoms with Crippen molar-refractivity contribution in [3.8, 4) is 11.5 Å². The van der Waals surface area contributed by atoms with Crippen molar-refractivity contribution in [2.45, 2.75) is 17.9 Å². The standard InChI is InChI=1S/C24H26N2O5S/c1-26(17-19-7-4-3-5-8-19)32(29,30)23-16-20(11-12-22(23)31-2)24(28)25-14-13-18-9-6-10-21(27)15-18/h3-12,15-16,27H,13-14,17H2,1-2H3,(H,25,28). The number of methoxy groups -OCH3 is 1. The summed E-state index contributed by atoms with van der Waals surface area (Å²) in [5.41, 5.74) is 1.94. The summed E-state index contributed by atoms with van der Waals surface area (Å²) in [6.45, 7) is 0.525. The molecule has 0 aliphatic carbocycles. The van der Waals surface area contributed by atoms with Crippen molar-refractivity contribution in [2.75, 3.05) is 20.7 Å². The molecule has 0 saturated carbocycles. The average molecular weight is 455 g/mol. The number of hydrogen-bond acceptors (Lipinski definition) is 5. The number of phenolic OH excluding ortho intramolecular Hbond substituents is 1. The number of hydrogen-bond donors (Lipinski definition) is 2. The van der Waals surface area contributed by atoms with Crippen LogP contribution in [0.4, 0.5) is 0 Å². The summed E-state index contributed by atoms with van der Waals surface area (Å²) in [6, 6.07) is 20.4. The number of nitrogens with one attached hydrogen (secondary N) is 1. The summed E-state index contributed by atoms with van der Waals surface area (Å²) in [5.74, 6) is -0.0605. The van der Waals surface area contributed by atoms with Crippen molar-refractivity contribution < 1.29 is 23.1 Å². The van der Waals surface area contributed by atoms with E-state index in [1.807, 2.05) is 36.4 Å². The molecule has 0 radical (unpaired) electrons. The Kier molecular flexibility index (Phi) is 7.50. The second-order valence-corrected chi connectivity index (χ2v) is 9.30. The molecule has 7 nitrogen and oxygen atoms in total. The number of amides is 1. The number of nitrogens with zero attached hydrogens (tertiary/aromatic N) is 1. The quantitative estimate of drug-likeness (QED) is 0.518. The van der Waals surface area contributed by atoms with Gasteiger partial charge in [-0.05, 0) is 47.9 Å². The third kappa shape index (κ3) is 5.66. The Bertz CT molecular complexity index is 1180. The number of rotatable bonds is 9. The first kappa shape index (κ1) is 23.3. The summed E-state index contributed by atoms with van der Waals surface area (Å²) >= 11 is 0. The van der Waals surface area contributed by atoms with Crippen LogP contribution >= 0.6 is 0 Å². The molecule has 0 aliphatic rings. The Balaban J connectivity index is 1.75. The SMILES string of the molecule is COc1ccc(C(=O)NCCc2cccc(O)c2)cc1S(=O)(=O)N(C)Cc1ccccc1. The van der Waals surface area contributed by atoms with E-state index in [1.165, 1.54) is 36.7 Å². The molecule has 0 bridgehead atoms. The van der Waals surface area contributed by atoms with Crippen molar-refractivity contribution in [1.82, 2.24) is 9.62 Å². The van der Waals surface area contributed by atoms with Crippen LogP contribution in [-0.2, 0) is 23.0 Å². The largest absolute Gasteiger partial charge is 0.508 e. The van der Waals surface area contributed by atoms with Gasteiger partial charge in [0.05, 0.1) is 7.11 Å². The lowest BCUT2D eigenvalue weighted by atomic mass is 10.1. The van der Waals surface area contributed by atoms with Crippen molar-refractivity contribution in [3.05, 3.63) is 89.5 Å². The smallest absolute Gasteiger partial charge is 0.251 e. The van der Waals surface area contributed by atoms with Gasteiger partial charge in [-0.25, -0.2) is 8.42 Å². The van der Waals surface area contributed by atoms with Crippen LogP contribution in [0.3, 0.4) is 0 Å². The third-order valence-electron chi connectivity index (χ3n) is 4.97. The van der Waals surface area contributed by atoms with Gasteiger partial charge in [0.2, 0.25) is 10.0 Å². The van der Waals surface area contributed by atoms with Gasteiger partial charge in [-0.15, -0.1) is 0 Å². The predicted molar refractivity (Wildman–Crippen MR) is 122 cm³/mol. The fraction of sp³-hybridized carbons (Fsp3) is 0.208. The van der Waals surface area contributed by atoms with Crippen molar-refractivity contribution in [2.24, 2.45) is 0 Å². The minimum Gasteiger partial charge on any atom is -0.508 e. The predicted octanol–water partition coefficient (Wildman–Crippen LogP) is 3.19. The van der Waals surface area contributed by atoms with Gasteiger partial charge < -0.3 is 15.2 Å². The second-order valence-electron chi connectivity index (χ2n) is 7.29. The van der Waals surface area contributed by atoms with Crippen molar-refractivity contribution in [3.63, 3.8) is 0 Å². The lowest BCUT2D eigenvalue weighted by Crippen LogP contribution is -2.28. The Morgan fingerprint density at radius 1 is 1.00 bits per heavy atom. The van der Waals surface area contributed by atoms with Gasteiger partial charge in [0.1, 0.15) is 16.4 Å². The molecule has 32 heavy (non-hydrogen) atoms. The summed E-state index contributed by atoms with van der Waals surface area (Å²) < 4.78 is 32.9. The second kappa shape index (κ2) is 10.3. The molecule has 3 rings (SSSR count). The first-order valence-corrected chi connectivity index (χ1v) is 11.5. The molecule has 0 unspecified atom stereocenters. The van der Waals surface area contributed by atoms with Gasteiger partial charge in [-0.2, -0.15) is 4.31 Å². The van der Waals surface area contributed by atoms with Gasteiger partial charge in [-0.3, -0.25) is 4.79 Å². The highest BCUT2D eigenvalue weighted by Gasteiger charge is 2.26. The maximum absolute atomic E-state index is 13.2. The van der Waals surface area contributed by atoms with Crippen LogP contribution in [0.5, 0.6) is 11.5 Å². The van der Waals surface area contributed by atoms with E-state index in [1.54, 1.807) is 18.2 Å². The summed E-state index contributed by atoms with van der Waals surface area (Å²) in [7, 11) is -1.02. The van der Waals surface area contributed by atoms with Crippen LogP contribution < -0.4 is 10.1 Å². The highest BCUT2D eigenvalue weighted by Crippen LogP contribution is 2.28. The zero-order chi connectivity index (χ0) is 23.1. The van der Waals surface area contributed by atoms with E-state index in [9.17, 15) is 18.3 Å². The molecular formula is C24H26N2O5S. The highest BCUT2D eigenvalue weighted by molar-refractivity contribution is 7.89. The van der Waals surface area contributed by atoms with Crippen LogP contribution in [0.1, 0.15) is 21.5 Å². The van der Waals surface area contributed by atoms with Crippen molar-refractivity contribution >= 4 is 15.9 Å². The number of phenols is 1. The first-order chi connectivity index (χ1) is 15.3. The zero-order valence-electron chi connectivity index (χ0n) is 18.0. The number of carbonyl (C=O) groups excluding carboxylic acids is 1. The van der Waals surface area contributed by atoms with Gasteiger partial charge in [0, 0.05) is 25.7 Å². The van der Waals surface area contributed by atoms with Gasteiger partial charge in [0.15, 0.2) is 0 Å². The summed E-state index contributed by atoms with van der Waals surface area (Å²) in [5, 5.41) is 12.3. The molecule has 3 aromatic rings. The zero-order valence-corrected chi connectivity index (χ0v) is 18.8. The Labute approximate surface area is 188 Å². The first-order valence-electron chi connectivity index (χ1n) is 10.1. The molecule has 0 spiro atoms. The molecule has 168 valence electrons. The topological polar surface area (TPSA) is 95.9 Å². The number of aromatic hydroxyl groups is 1. The van der Waals surface area contributed by atoms with Crippen LogP contribution in [0.25, 0.3) is 0 Å². The molecule has 0 atom stereocenters. The molecule has 0 aliphatic heterocycles. The van der Waals surface area contributed by atoms with Gasteiger partial charge in [0.25, 0.3) is 5.91 Å². The lowest BCUT2D eigenvalue weighted by Gasteiger charge is -2.19.